The van der Waals surface area contributed by atoms with Gasteiger partial charge in [-0.1, -0.05) is 37.3 Å². The largest absolute Gasteiger partial charge is 0.384 e. The average Bonchev–Trinajstić information content (AvgIpc) is 2.46. The molecule has 0 aliphatic rings. The van der Waals surface area contributed by atoms with Crippen molar-refractivity contribution in [2.24, 2.45) is 0 Å². The highest BCUT2D eigenvalue weighted by Gasteiger charge is 2.04. The van der Waals surface area contributed by atoms with Crippen LogP contribution < -0.4 is 10.6 Å². The predicted molar refractivity (Wildman–Crippen MR) is 84.1 cm³/mol. The Hall–Kier alpha value is -2.29. The highest BCUT2D eigenvalue weighted by molar-refractivity contribution is 5.88. The third-order valence-electron chi connectivity index (χ3n) is 3.19. The average molecular weight is 268 g/mol. The molecule has 0 spiro atoms. The van der Waals surface area contributed by atoms with Gasteiger partial charge in [-0.25, -0.2) is 0 Å². The predicted octanol–water partition coefficient (Wildman–Crippen LogP) is 3.86. The molecule has 0 bridgehead atoms. The molecule has 0 heterocycles. The topological polar surface area (TPSA) is 41.1 Å². The first kappa shape index (κ1) is 14.1. The second-order valence-electron chi connectivity index (χ2n) is 4.95. The molecule has 0 aromatic heterocycles. The summed E-state index contributed by atoms with van der Waals surface area (Å²) in [6, 6.07) is 18.2. The van der Waals surface area contributed by atoms with Crippen LogP contribution in [0.15, 0.2) is 54.6 Å². The number of rotatable bonds is 5. The van der Waals surface area contributed by atoms with Crippen molar-refractivity contribution in [1.82, 2.24) is 0 Å². The summed E-state index contributed by atoms with van der Waals surface area (Å²) in [7, 11) is 0. The van der Waals surface area contributed by atoms with Crippen molar-refractivity contribution in [1.29, 1.82) is 0 Å². The van der Waals surface area contributed by atoms with Crippen LogP contribution in [-0.4, -0.2) is 12.5 Å². The third kappa shape index (κ3) is 4.12. The Labute approximate surface area is 120 Å². The van der Waals surface area contributed by atoms with E-state index >= 15 is 0 Å². The Morgan fingerprint density at radius 2 is 1.60 bits per heavy atom. The SMILES string of the molecule is CC(=O)Nc1ccc(NCC(C)c2ccccc2)cc1. The summed E-state index contributed by atoms with van der Waals surface area (Å²) in [6.07, 6.45) is 0. The lowest BCUT2D eigenvalue weighted by atomic mass is 10.0. The minimum absolute atomic E-state index is 0.0524. The van der Waals surface area contributed by atoms with E-state index in [0.29, 0.717) is 5.92 Å². The van der Waals surface area contributed by atoms with Gasteiger partial charge in [0.1, 0.15) is 0 Å². The first-order valence-electron chi connectivity index (χ1n) is 6.81. The van der Waals surface area contributed by atoms with Crippen LogP contribution >= 0.6 is 0 Å². The van der Waals surface area contributed by atoms with Crippen molar-refractivity contribution < 1.29 is 4.79 Å². The van der Waals surface area contributed by atoms with Crippen LogP contribution in [0.4, 0.5) is 11.4 Å². The molecular weight excluding hydrogens is 248 g/mol. The number of amides is 1. The van der Waals surface area contributed by atoms with Crippen LogP contribution in [0.2, 0.25) is 0 Å². The summed E-state index contributed by atoms with van der Waals surface area (Å²) in [4.78, 5) is 10.9. The molecule has 3 nitrogen and oxygen atoms in total. The van der Waals surface area contributed by atoms with Gasteiger partial charge >= 0.3 is 0 Å². The molecule has 1 amide bonds. The van der Waals surface area contributed by atoms with Gasteiger partial charge in [-0.3, -0.25) is 4.79 Å². The Morgan fingerprint density at radius 1 is 1.00 bits per heavy atom. The summed E-state index contributed by atoms with van der Waals surface area (Å²) >= 11 is 0. The summed E-state index contributed by atoms with van der Waals surface area (Å²) < 4.78 is 0. The normalized spacial score (nSPS) is 11.7. The van der Waals surface area contributed by atoms with Gasteiger partial charge in [0.15, 0.2) is 0 Å². The van der Waals surface area contributed by atoms with E-state index in [2.05, 4.69) is 41.8 Å². The number of carbonyl (C=O) groups excluding carboxylic acids is 1. The number of hydrogen-bond acceptors (Lipinski definition) is 2. The van der Waals surface area contributed by atoms with E-state index < -0.39 is 0 Å². The van der Waals surface area contributed by atoms with Crippen LogP contribution in [0.25, 0.3) is 0 Å². The molecule has 0 radical (unpaired) electrons. The van der Waals surface area contributed by atoms with Crippen LogP contribution in [0.3, 0.4) is 0 Å². The number of carbonyl (C=O) groups is 1. The molecule has 2 aromatic carbocycles. The fourth-order valence-corrected chi connectivity index (χ4v) is 2.05. The van der Waals surface area contributed by atoms with Crippen LogP contribution in [-0.2, 0) is 4.79 Å². The summed E-state index contributed by atoms with van der Waals surface area (Å²) in [5, 5.41) is 6.17. The molecule has 2 rings (SSSR count). The van der Waals surface area contributed by atoms with E-state index in [-0.39, 0.29) is 5.91 Å². The molecule has 2 N–H and O–H groups in total. The van der Waals surface area contributed by atoms with Gasteiger partial charge < -0.3 is 10.6 Å². The van der Waals surface area contributed by atoms with Gasteiger partial charge in [0.05, 0.1) is 0 Å². The Kier molecular flexibility index (Phi) is 4.77. The molecule has 1 atom stereocenters. The highest BCUT2D eigenvalue weighted by Crippen LogP contribution is 2.17. The van der Waals surface area contributed by atoms with Crippen LogP contribution in [0, 0.1) is 0 Å². The van der Waals surface area contributed by atoms with Gasteiger partial charge in [0.2, 0.25) is 5.91 Å². The summed E-state index contributed by atoms with van der Waals surface area (Å²) in [5.74, 6) is 0.398. The van der Waals surface area contributed by atoms with E-state index in [0.717, 1.165) is 17.9 Å². The number of benzene rings is 2. The van der Waals surface area contributed by atoms with Crippen molar-refractivity contribution in [3.05, 3.63) is 60.2 Å². The van der Waals surface area contributed by atoms with Crippen LogP contribution in [0.5, 0.6) is 0 Å². The van der Waals surface area contributed by atoms with Crippen molar-refractivity contribution >= 4 is 17.3 Å². The maximum absolute atomic E-state index is 10.9. The molecule has 1 unspecified atom stereocenters. The Balaban J connectivity index is 1.89. The molecule has 0 aliphatic heterocycles. The first-order valence-corrected chi connectivity index (χ1v) is 6.81. The first-order chi connectivity index (χ1) is 9.65. The molecule has 0 fully saturated rings. The number of hydrogen-bond donors (Lipinski definition) is 2. The zero-order valence-corrected chi connectivity index (χ0v) is 11.9. The van der Waals surface area contributed by atoms with Gasteiger partial charge in [-0.15, -0.1) is 0 Å². The zero-order valence-electron chi connectivity index (χ0n) is 11.9. The maximum Gasteiger partial charge on any atom is 0.221 e. The van der Waals surface area contributed by atoms with Gasteiger partial charge in [0, 0.05) is 24.8 Å². The van der Waals surface area contributed by atoms with E-state index in [9.17, 15) is 4.79 Å². The molecule has 20 heavy (non-hydrogen) atoms. The fourth-order valence-electron chi connectivity index (χ4n) is 2.05. The lowest BCUT2D eigenvalue weighted by Gasteiger charge is -2.14. The number of nitrogens with one attached hydrogen (secondary N) is 2. The monoisotopic (exact) mass is 268 g/mol. The molecule has 3 heteroatoms. The molecule has 2 aromatic rings. The minimum Gasteiger partial charge on any atom is -0.384 e. The molecular formula is C17H20N2O. The Morgan fingerprint density at radius 3 is 2.20 bits per heavy atom. The van der Waals surface area contributed by atoms with E-state index in [1.54, 1.807) is 0 Å². The van der Waals surface area contributed by atoms with Gasteiger partial charge in [0.25, 0.3) is 0 Å². The lowest BCUT2D eigenvalue weighted by molar-refractivity contribution is -0.114. The molecule has 104 valence electrons. The summed E-state index contributed by atoms with van der Waals surface area (Å²) in [5.41, 5.74) is 3.20. The number of anilines is 2. The summed E-state index contributed by atoms with van der Waals surface area (Å²) in [6.45, 7) is 4.59. The van der Waals surface area contributed by atoms with Crippen molar-refractivity contribution in [3.63, 3.8) is 0 Å². The Bertz CT molecular complexity index is 549. The second kappa shape index (κ2) is 6.75. The third-order valence-corrected chi connectivity index (χ3v) is 3.19. The zero-order chi connectivity index (χ0) is 14.4. The van der Waals surface area contributed by atoms with E-state index in [1.165, 1.54) is 12.5 Å². The second-order valence-corrected chi connectivity index (χ2v) is 4.95. The molecule has 0 saturated heterocycles. The van der Waals surface area contributed by atoms with Crippen LogP contribution in [0.1, 0.15) is 25.3 Å². The van der Waals surface area contributed by atoms with Gasteiger partial charge in [-0.05, 0) is 35.7 Å². The highest BCUT2D eigenvalue weighted by atomic mass is 16.1. The van der Waals surface area contributed by atoms with E-state index in [1.807, 2.05) is 30.3 Å². The van der Waals surface area contributed by atoms with Gasteiger partial charge in [-0.2, -0.15) is 0 Å². The van der Waals surface area contributed by atoms with Crippen molar-refractivity contribution in [3.8, 4) is 0 Å². The van der Waals surface area contributed by atoms with Crippen molar-refractivity contribution in [2.75, 3.05) is 17.2 Å². The molecule has 0 saturated carbocycles. The smallest absolute Gasteiger partial charge is 0.221 e. The molecule has 0 aliphatic carbocycles. The fraction of sp³-hybridized carbons (Fsp3) is 0.235. The maximum atomic E-state index is 10.9. The van der Waals surface area contributed by atoms with Crippen molar-refractivity contribution in [2.45, 2.75) is 19.8 Å². The quantitative estimate of drug-likeness (QED) is 0.864. The van der Waals surface area contributed by atoms with E-state index in [4.69, 9.17) is 0 Å². The standard InChI is InChI=1S/C17H20N2O/c1-13(15-6-4-3-5-7-15)12-18-16-8-10-17(11-9-16)19-14(2)20/h3-11,13,18H,12H2,1-2H3,(H,19,20). The minimum atomic E-state index is -0.0524. The lowest BCUT2D eigenvalue weighted by Crippen LogP contribution is -2.10.